The van der Waals surface area contributed by atoms with Gasteiger partial charge in [-0.25, -0.2) is 4.39 Å². The van der Waals surface area contributed by atoms with Gasteiger partial charge in [-0.3, -0.25) is 0 Å². The van der Waals surface area contributed by atoms with Gasteiger partial charge in [-0.2, -0.15) is 5.26 Å². The van der Waals surface area contributed by atoms with Crippen molar-refractivity contribution in [2.45, 2.75) is 32.1 Å². The van der Waals surface area contributed by atoms with Crippen LogP contribution in [0.5, 0.6) is 5.75 Å². The number of nitrogens with zero attached hydrogens (tertiary/aromatic N) is 1. The average molecular weight is 319 g/mol. The third-order valence-corrected chi connectivity index (χ3v) is 5.48. The Labute approximate surface area is 141 Å². The highest BCUT2D eigenvalue weighted by molar-refractivity contribution is 5.83. The van der Waals surface area contributed by atoms with Crippen LogP contribution < -0.4 is 4.74 Å². The van der Waals surface area contributed by atoms with E-state index >= 15 is 0 Å². The molecule has 0 aromatic heterocycles. The second-order valence-electron chi connectivity index (χ2n) is 7.06. The molecule has 0 aliphatic heterocycles. The van der Waals surface area contributed by atoms with E-state index in [2.05, 4.69) is 26.0 Å². The van der Waals surface area contributed by atoms with E-state index in [1.165, 1.54) is 22.3 Å². The topological polar surface area (TPSA) is 33.0 Å². The van der Waals surface area contributed by atoms with Crippen molar-refractivity contribution in [3.8, 4) is 11.8 Å². The second kappa shape index (κ2) is 4.95. The molecule has 2 aromatic carbocycles. The zero-order valence-corrected chi connectivity index (χ0v) is 14.0. The highest BCUT2D eigenvalue weighted by atomic mass is 19.1. The molecule has 0 bridgehead atoms. The maximum Gasteiger partial charge on any atom is 0.141 e. The number of hydrogen-bond donors (Lipinski definition) is 0. The van der Waals surface area contributed by atoms with Crippen molar-refractivity contribution in [1.82, 2.24) is 0 Å². The van der Waals surface area contributed by atoms with Gasteiger partial charge in [0.25, 0.3) is 0 Å². The summed E-state index contributed by atoms with van der Waals surface area (Å²) in [6, 6.07) is 11.4. The molecule has 0 fully saturated rings. The van der Waals surface area contributed by atoms with E-state index in [1.54, 1.807) is 19.2 Å². The number of benzene rings is 2. The van der Waals surface area contributed by atoms with Crippen molar-refractivity contribution in [2.75, 3.05) is 7.11 Å². The van der Waals surface area contributed by atoms with Gasteiger partial charge < -0.3 is 4.74 Å². The number of methoxy groups -OCH3 is 1. The molecule has 0 N–H and O–H groups in total. The van der Waals surface area contributed by atoms with E-state index in [0.717, 1.165) is 29.7 Å². The smallest absolute Gasteiger partial charge is 0.141 e. The molecule has 2 aliphatic rings. The molecular formula is C21H18FNO. The van der Waals surface area contributed by atoms with E-state index in [9.17, 15) is 4.39 Å². The molecule has 24 heavy (non-hydrogen) atoms. The number of fused-ring (bicyclic) bond motifs is 3. The number of hydrogen-bond acceptors (Lipinski definition) is 2. The fourth-order valence-corrected chi connectivity index (χ4v) is 4.16. The van der Waals surface area contributed by atoms with E-state index in [-0.39, 0.29) is 11.0 Å². The number of ether oxygens (including phenoxy) is 1. The van der Waals surface area contributed by atoms with Gasteiger partial charge in [0.15, 0.2) is 0 Å². The number of rotatable bonds is 1. The lowest BCUT2D eigenvalue weighted by Crippen LogP contribution is -2.26. The van der Waals surface area contributed by atoms with E-state index < -0.39 is 5.82 Å². The van der Waals surface area contributed by atoms with E-state index in [1.807, 2.05) is 12.1 Å². The lowest BCUT2D eigenvalue weighted by molar-refractivity contribution is 0.412. The van der Waals surface area contributed by atoms with Crippen molar-refractivity contribution < 1.29 is 9.13 Å². The summed E-state index contributed by atoms with van der Waals surface area (Å²) < 4.78 is 19.5. The molecule has 0 atom stereocenters. The van der Waals surface area contributed by atoms with Gasteiger partial charge >= 0.3 is 0 Å². The predicted octanol–water partition coefficient (Wildman–Crippen LogP) is 4.55. The first kappa shape index (κ1) is 15.0. The number of nitriles is 1. The molecule has 2 aliphatic carbocycles. The van der Waals surface area contributed by atoms with Crippen LogP contribution in [0, 0.1) is 17.1 Å². The quantitative estimate of drug-likeness (QED) is 0.772. The van der Waals surface area contributed by atoms with Crippen LogP contribution in [0.2, 0.25) is 0 Å². The third-order valence-electron chi connectivity index (χ3n) is 5.48. The summed E-state index contributed by atoms with van der Waals surface area (Å²) in [5.74, 6) is 0.433. The Morgan fingerprint density at radius 1 is 1.12 bits per heavy atom. The van der Waals surface area contributed by atoms with Crippen molar-refractivity contribution in [2.24, 2.45) is 0 Å². The third kappa shape index (κ3) is 1.93. The van der Waals surface area contributed by atoms with Crippen molar-refractivity contribution >= 4 is 5.57 Å². The standard InChI is InChI=1S/C21H18FNO/c1-21(2)18-9-15(24-3)5-4-12(18)7-17-16-10-20(22)14(11-23)6-13(16)8-19(17)21/h4-6,9-10H,7-8H2,1-3H3. The van der Waals surface area contributed by atoms with Gasteiger partial charge in [0.2, 0.25) is 0 Å². The molecule has 2 nitrogen and oxygen atoms in total. The first-order valence-electron chi connectivity index (χ1n) is 8.08. The van der Waals surface area contributed by atoms with Crippen molar-refractivity contribution in [1.29, 1.82) is 5.26 Å². The monoisotopic (exact) mass is 319 g/mol. The fourth-order valence-electron chi connectivity index (χ4n) is 4.16. The minimum Gasteiger partial charge on any atom is -0.497 e. The normalized spacial score (nSPS) is 17.0. The molecule has 120 valence electrons. The Morgan fingerprint density at radius 2 is 1.92 bits per heavy atom. The Bertz CT molecular complexity index is 947. The molecule has 0 saturated carbocycles. The zero-order valence-electron chi connectivity index (χ0n) is 14.0. The van der Waals surface area contributed by atoms with Crippen LogP contribution in [0.3, 0.4) is 0 Å². The Morgan fingerprint density at radius 3 is 2.62 bits per heavy atom. The van der Waals surface area contributed by atoms with Crippen LogP contribution in [0.4, 0.5) is 4.39 Å². The van der Waals surface area contributed by atoms with Crippen LogP contribution in [0.15, 0.2) is 35.9 Å². The van der Waals surface area contributed by atoms with Gasteiger partial charge in [0, 0.05) is 5.41 Å². The SMILES string of the molecule is COc1ccc2c(c1)C(C)(C)C1=C(C2)c2cc(F)c(C#N)cc2C1. The van der Waals surface area contributed by atoms with Crippen LogP contribution in [-0.4, -0.2) is 7.11 Å². The highest BCUT2D eigenvalue weighted by Crippen LogP contribution is 2.50. The molecule has 0 saturated heterocycles. The van der Waals surface area contributed by atoms with Gasteiger partial charge in [0.1, 0.15) is 17.6 Å². The Balaban J connectivity index is 1.88. The summed E-state index contributed by atoms with van der Waals surface area (Å²) in [4.78, 5) is 0. The van der Waals surface area contributed by atoms with Crippen LogP contribution in [0.1, 0.15) is 41.7 Å². The fraction of sp³-hybridized carbons (Fsp3) is 0.286. The minimum absolute atomic E-state index is 0.130. The average Bonchev–Trinajstić information content (AvgIpc) is 2.92. The van der Waals surface area contributed by atoms with Gasteiger partial charge in [-0.15, -0.1) is 0 Å². The molecule has 0 amide bonds. The highest BCUT2D eigenvalue weighted by Gasteiger charge is 2.39. The summed E-state index contributed by atoms with van der Waals surface area (Å²) in [6.07, 6.45) is 1.58. The summed E-state index contributed by atoms with van der Waals surface area (Å²) in [6.45, 7) is 4.43. The molecule has 0 radical (unpaired) electrons. The first-order valence-corrected chi connectivity index (χ1v) is 8.08. The van der Waals surface area contributed by atoms with Gasteiger partial charge in [0.05, 0.1) is 12.7 Å². The maximum absolute atomic E-state index is 14.1. The van der Waals surface area contributed by atoms with Crippen LogP contribution in [-0.2, 0) is 18.3 Å². The molecule has 3 heteroatoms. The van der Waals surface area contributed by atoms with Crippen molar-refractivity contribution in [3.63, 3.8) is 0 Å². The lowest BCUT2D eigenvalue weighted by atomic mass is 9.69. The lowest BCUT2D eigenvalue weighted by Gasteiger charge is -2.35. The molecular weight excluding hydrogens is 301 g/mol. The number of halogens is 1. The van der Waals surface area contributed by atoms with E-state index in [4.69, 9.17) is 10.00 Å². The molecule has 4 rings (SSSR count). The first-order chi connectivity index (χ1) is 11.5. The summed E-state index contributed by atoms with van der Waals surface area (Å²) in [5.41, 5.74) is 7.10. The second-order valence-corrected chi connectivity index (χ2v) is 7.06. The maximum atomic E-state index is 14.1. The number of allylic oxidation sites excluding steroid dienone is 2. The molecule has 0 unspecified atom stereocenters. The summed E-state index contributed by atoms with van der Waals surface area (Å²) in [5, 5.41) is 9.09. The minimum atomic E-state index is -0.427. The summed E-state index contributed by atoms with van der Waals surface area (Å²) in [7, 11) is 1.68. The van der Waals surface area contributed by atoms with Gasteiger partial charge in [-0.05, 0) is 64.9 Å². The predicted molar refractivity (Wildman–Crippen MR) is 91.5 cm³/mol. The van der Waals surface area contributed by atoms with E-state index in [0.29, 0.717) is 0 Å². The summed E-state index contributed by atoms with van der Waals surface area (Å²) >= 11 is 0. The molecule has 0 heterocycles. The van der Waals surface area contributed by atoms with Gasteiger partial charge in [-0.1, -0.05) is 25.5 Å². The zero-order chi connectivity index (χ0) is 17.1. The Kier molecular flexibility index (Phi) is 3.08. The largest absolute Gasteiger partial charge is 0.497 e. The Hall–Kier alpha value is -2.60. The molecule has 0 spiro atoms. The van der Waals surface area contributed by atoms with Crippen molar-refractivity contribution in [3.05, 3.63) is 69.5 Å². The molecule has 2 aromatic rings. The van der Waals surface area contributed by atoms with Crippen LogP contribution >= 0.6 is 0 Å². The van der Waals surface area contributed by atoms with Crippen LogP contribution in [0.25, 0.3) is 5.57 Å².